The van der Waals surface area contributed by atoms with Gasteiger partial charge < -0.3 is 10.6 Å². The summed E-state index contributed by atoms with van der Waals surface area (Å²) in [5, 5.41) is 0.491. The Labute approximate surface area is 114 Å². The van der Waals surface area contributed by atoms with Gasteiger partial charge in [-0.3, -0.25) is 0 Å². The summed E-state index contributed by atoms with van der Waals surface area (Å²) in [5.74, 6) is 1.73. The van der Waals surface area contributed by atoms with Crippen molar-refractivity contribution in [2.45, 2.75) is 45.6 Å². The summed E-state index contributed by atoms with van der Waals surface area (Å²) in [6, 6.07) is 0.541. The molecule has 0 aliphatic heterocycles. The second kappa shape index (κ2) is 5.74. The van der Waals surface area contributed by atoms with E-state index >= 15 is 0 Å². The van der Waals surface area contributed by atoms with E-state index in [-0.39, 0.29) is 0 Å². The Morgan fingerprint density at radius 1 is 1.39 bits per heavy atom. The molecule has 0 aromatic carbocycles. The summed E-state index contributed by atoms with van der Waals surface area (Å²) in [4.78, 5) is 10.6. The Balaban J connectivity index is 2.29. The monoisotopic (exact) mass is 268 g/mol. The first kappa shape index (κ1) is 13.4. The standard InChI is InChI=1S/C13H21ClN4/c1-9(2)7-18(10-5-3-4-6-10)13-11(14)12(15)16-8-17-13/h8-10H,3-7H2,1-2H3,(H2,15,16,17). The van der Waals surface area contributed by atoms with Crippen LogP contribution >= 0.6 is 11.6 Å². The van der Waals surface area contributed by atoms with E-state index < -0.39 is 0 Å². The molecule has 1 aromatic heterocycles. The van der Waals surface area contributed by atoms with Gasteiger partial charge in [-0.25, -0.2) is 9.97 Å². The first-order valence-corrected chi connectivity index (χ1v) is 7.00. The van der Waals surface area contributed by atoms with Gasteiger partial charge in [0.05, 0.1) is 0 Å². The highest BCUT2D eigenvalue weighted by atomic mass is 35.5. The predicted molar refractivity (Wildman–Crippen MR) is 75.9 cm³/mol. The number of aromatic nitrogens is 2. The average Bonchev–Trinajstić information content (AvgIpc) is 2.83. The molecule has 2 rings (SSSR count). The molecule has 0 amide bonds. The van der Waals surface area contributed by atoms with Crippen molar-refractivity contribution in [3.63, 3.8) is 0 Å². The number of rotatable bonds is 4. The van der Waals surface area contributed by atoms with Crippen molar-refractivity contribution >= 4 is 23.2 Å². The van der Waals surface area contributed by atoms with Crippen LogP contribution in [-0.4, -0.2) is 22.6 Å². The van der Waals surface area contributed by atoms with E-state index in [4.69, 9.17) is 17.3 Å². The van der Waals surface area contributed by atoms with Crippen LogP contribution in [0, 0.1) is 5.92 Å². The lowest BCUT2D eigenvalue weighted by Gasteiger charge is -2.32. The van der Waals surface area contributed by atoms with Gasteiger partial charge in [-0.05, 0) is 18.8 Å². The van der Waals surface area contributed by atoms with Crippen molar-refractivity contribution in [1.29, 1.82) is 0 Å². The second-order valence-corrected chi connectivity index (χ2v) is 5.76. The predicted octanol–water partition coefficient (Wildman–Crippen LogP) is 3.12. The molecule has 0 spiro atoms. The van der Waals surface area contributed by atoms with Crippen LogP contribution in [0.1, 0.15) is 39.5 Å². The first-order chi connectivity index (χ1) is 8.59. The SMILES string of the molecule is CC(C)CN(c1ncnc(N)c1Cl)C1CCCC1. The zero-order valence-corrected chi connectivity index (χ0v) is 11.8. The highest BCUT2D eigenvalue weighted by Crippen LogP contribution is 2.33. The topological polar surface area (TPSA) is 55.0 Å². The molecule has 1 saturated carbocycles. The molecule has 0 saturated heterocycles. The second-order valence-electron chi connectivity index (χ2n) is 5.38. The van der Waals surface area contributed by atoms with Gasteiger partial charge in [-0.2, -0.15) is 0 Å². The van der Waals surface area contributed by atoms with Crippen LogP contribution in [0.15, 0.2) is 6.33 Å². The molecule has 100 valence electrons. The van der Waals surface area contributed by atoms with Gasteiger partial charge >= 0.3 is 0 Å². The maximum atomic E-state index is 6.26. The summed E-state index contributed by atoms with van der Waals surface area (Å²) in [5.41, 5.74) is 5.78. The molecule has 1 aliphatic carbocycles. The smallest absolute Gasteiger partial charge is 0.153 e. The van der Waals surface area contributed by atoms with Crippen molar-refractivity contribution in [3.05, 3.63) is 11.3 Å². The maximum absolute atomic E-state index is 6.26. The first-order valence-electron chi connectivity index (χ1n) is 6.62. The van der Waals surface area contributed by atoms with Crippen LogP contribution in [0.4, 0.5) is 11.6 Å². The molecule has 1 heterocycles. The van der Waals surface area contributed by atoms with Gasteiger partial charge in [-0.1, -0.05) is 38.3 Å². The Hall–Kier alpha value is -1.03. The fourth-order valence-electron chi connectivity index (χ4n) is 2.59. The summed E-state index contributed by atoms with van der Waals surface area (Å²) in [7, 11) is 0. The van der Waals surface area contributed by atoms with Gasteiger partial charge in [0.25, 0.3) is 0 Å². The number of nitrogens with zero attached hydrogens (tertiary/aromatic N) is 3. The molecule has 0 atom stereocenters. The van der Waals surface area contributed by atoms with E-state index in [1.165, 1.54) is 32.0 Å². The van der Waals surface area contributed by atoms with E-state index in [0.29, 0.717) is 22.8 Å². The highest BCUT2D eigenvalue weighted by molar-refractivity contribution is 6.35. The van der Waals surface area contributed by atoms with E-state index in [1.807, 2.05) is 0 Å². The third-order valence-corrected chi connectivity index (χ3v) is 3.76. The summed E-state index contributed by atoms with van der Waals surface area (Å²) in [6.45, 7) is 5.38. The third kappa shape index (κ3) is 2.86. The fourth-order valence-corrected chi connectivity index (χ4v) is 2.80. The Kier molecular flexibility index (Phi) is 4.27. The zero-order valence-electron chi connectivity index (χ0n) is 11.1. The lowest BCUT2D eigenvalue weighted by Crippen LogP contribution is -2.37. The minimum absolute atomic E-state index is 0.369. The Bertz CT molecular complexity index is 402. The van der Waals surface area contributed by atoms with Gasteiger partial charge in [-0.15, -0.1) is 0 Å². The number of hydrogen-bond acceptors (Lipinski definition) is 4. The molecule has 1 aliphatic rings. The lowest BCUT2D eigenvalue weighted by molar-refractivity contribution is 0.531. The molecular formula is C13H21ClN4. The number of anilines is 2. The molecule has 0 bridgehead atoms. The normalized spacial score (nSPS) is 16.4. The maximum Gasteiger partial charge on any atom is 0.153 e. The number of halogens is 1. The van der Waals surface area contributed by atoms with E-state index in [0.717, 1.165) is 12.4 Å². The van der Waals surface area contributed by atoms with Crippen LogP contribution < -0.4 is 10.6 Å². The van der Waals surface area contributed by atoms with Crippen LogP contribution in [0.2, 0.25) is 5.02 Å². The lowest BCUT2D eigenvalue weighted by atomic mass is 10.1. The average molecular weight is 269 g/mol. The Morgan fingerprint density at radius 3 is 2.67 bits per heavy atom. The Morgan fingerprint density at radius 2 is 2.06 bits per heavy atom. The van der Waals surface area contributed by atoms with Crippen LogP contribution in [0.25, 0.3) is 0 Å². The van der Waals surface area contributed by atoms with Crippen LogP contribution in [0.3, 0.4) is 0 Å². The molecular weight excluding hydrogens is 248 g/mol. The summed E-state index contributed by atoms with van der Waals surface area (Å²) >= 11 is 6.26. The zero-order chi connectivity index (χ0) is 13.1. The fraction of sp³-hybridized carbons (Fsp3) is 0.692. The largest absolute Gasteiger partial charge is 0.382 e. The summed E-state index contributed by atoms with van der Waals surface area (Å²) < 4.78 is 0. The van der Waals surface area contributed by atoms with E-state index in [9.17, 15) is 0 Å². The summed E-state index contributed by atoms with van der Waals surface area (Å²) in [6.07, 6.45) is 6.51. The quantitative estimate of drug-likeness (QED) is 0.912. The number of hydrogen-bond donors (Lipinski definition) is 1. The molecule has 0 radical (unpaired) electrons. The van der Waals surface area contributed by atoms with Crippen molar-refractivity contribution in [2.24, 2.45) is 5.92 Å². The van der Waals surface area contributed by atoms with Crippen molar-refractivity contribution in [1.82, 2.24) is 9.97 Å². The third-order valence-electron chi connectivity index (χ3n) is 3.40. The van der Waals surface area contributed by atoms with Gasteiger partial charge in [0, 0.05) is 12.6 Å². The van der Waals surface area contributed by atoms with Crippen molar-refractivity contribution in [2.75, 3.05) is 17.2 Å². The van der Waals surface area contributed by atoms with Gasteiger partial charge in [0.15, 0.2) is 5.82 Å². The number of nitrogen functional groups attached to an aromatic ring is 1. The minimum Gasteiger partial charge on any atom is -0.382 e. The van der Waals surface area contributed by atoms with Crippen LogP contribution in [-0.2, 0) is 0 Å². The van der Waals surface area contributed by atoms with E-state index in [2.05, 4.69) is 28.7 Å². The molecule has 1 fully saturated rings. The molecule has 1 aromatic rings. The van der Waals surface area contributed by atoms with Crippen molar-refractivity contribution in [3.8, 4) is 0 Å². The van der Waals surface area contributed by atoms with Gasteiger partial charge in [0.1, 0.15) is 17.2 Å². The van der Waals surface area contributed by atoms with Gasteiger partial charge in [0.2, 0.25) is 0 Å². The molecule has 5 heteroatoms. The van der Waals surface area contributed by atoms with Crippen molar-refractivity contribution < 1.29 is 0 Å². The molecule has 0 unspecified atom stereocenters. The number of nitrogens with two attached hydrogens (primary N) is 1. The minimum atomic E-state index is 0.369. The molecule has 18 heavy (non-hydrogen) atoms. The highest BCUT2D eigenvalue weighted by Gasteiger charge is 2.26. The molecule has 4 nitrogen and oxygen atoms in total. The van der Waals surface area contributed by atoms with E-state index in [1.54, 1.807) is 0 Å². The van der Waals surface area contributed by atoms with Crippen LogP contribution in [0.5, 0.6) is 0 Å². The molecule has 2 N–H and O–H groups in total.